The average molecular weight is 406 g/mol. The number of rotatable bonds is 4. The van der Waals surface area contributed by atoms with Gasteiger partial charge in [0.15, 0.2) is 0 Å². The second kappa shape index (κ2) is 6.98. The second-order valence-corrected chi connectivity index (χ2v) is 6.22. The number of hydrazone groups is 1. The first-order chi connectivity index (χ1) is 11.9. The fraction of sp³-hybridized carbons (Fsp3) is 0.125. The zero-order valence-electron chi connectivity index (χ0n) is 12.8. The van der Waals surface area contributed by atoms with E-state index in [4.69, 9.17) is 5.73 Å². The summed E-state index contributed by atoms with van der Waals surface area (Å²) >= 11 is 3.26. The number of nitrogens with zero attached hydrogens (tertiary/aromatic N) is 3. The molecule has 2 aromatic rings. The molecule has 1 aromatic carbocycles. The highest BCUT2D eigenvalue weighted by molar-refractivity contribution is 9.10. The third-order valence-electron chi connectivity index (χ3n) is 3.56. The van der Waals surface area contributed by atoms with Gasteiger partial charge in [0.25, 0.3) is 5.91 Å². The van der Waals surface area contributed by atoms with Crippen LogP contribution in [-0.2, 0) is 9.59 Å². The van der Waals surface area contributed by atoms with Crippen molar-refractivity contribution in [2.75, 3.05) is 10.3 Å². The van der Waals surface area contributed by atoms with E-state index in [9.17, 15) is 14.0 Å². The maximum absolute atomic E-state index is 13.1. The number of hydrogen-bond donors (Lipinski definition) is 2. The summed E-state index contributed by atoms with van der Waals surface area (Å²) < 4.78 is 13.9. The molecule has 0 fully saturated rings. The van der Waals surface area contributed by atoms with Gasteiger partial charge in [-0.3, -0.25) is 14.6 Å². The Hall–Kier alpha value is -2.81. The Labute approximate surface area is 150 Å². The number of aromatic nitrogens is 1. The number of benzene rings is 1. The van der Waals surface area contributed by atoms with Gasteiger partial charge in [-0.05, 0) is 52.3 Å². The van der Waals surface area contributed by atoms with Crippen molar-refractivity contribution in [3.8, 4) is 0 Å². The zero-order chi connectivity index (χ0) is 18.0. The standard InChI is InChI=1S/C16H13BrFN5O2/c17-9-1-6-14(20-8-9)21-16(25)12-7-13(15(19)24)23(22-12)11-4-2-10(18)3-5-11/h1-6,8,13H,7H2,(H2,19,24)(H,20,21,25). The van der Waals surface area contributed by atoms with E-state index >= 15 is 0 Å². The van der Waals surface area contributed by atoms with Crippen molar-refractivity contribution in [1.82, 2.24) is 4.98 Å². The van der Waals surface area contributed by atoms with Gasteiger partial charge in [-0.25, -0.2) is 9.37 Å². The largest absolute Gasteiger partial charge is 0.368 e. The highest BCUT2D eigenvalue weighted by Crippen LogP contribution is 2.25. The van der Waals surface area contributed by atoms with Crippen LogP contribution in [0.5, 0.6) is 0 Å². The zero-order valence-corrected chi connectivity index (χ0v) is 14.4. The molecule has 25 heavy (non-hydrogen) atoms. The van der Waals surface area contributed by atoms with E-state index in [2.05, 4.69) is 31.3 Å². The second-order valence-electron chi connectivity index (χ2n) is 5.31. The van der Waals surface area contributed by atoms with Gasteiger partial charge in [0, 0.05) is 17.1 Å². The highest BCUT2D eigenvalue weighted by atomic mass is 79.9. The lowest BCUT2D eigenvalue weighted by atomic mass is 10.1. The van der Waals surface area contributed by atoms with Crippen LogP contribution in [0.2, 0.25) is 0 Å². The van der Waals surface area contributed by atoms with Crippen LogP contribution in [0.3, 0.4) is 0 Å². The summed E-state index contributed by atoms with van der Waals surface area (Å²) in [4.78, 5) is 28.1. The van der Waals surface area contributed by atoms with Crippen LogP contribution in [0.25, 0.3) is 0 Å². The molecular weight excluding hydrogens is 393 g/mol. The van der Waals surface area contributed by atoms with Crippen molar-refractivity contribution in [3.05, 3.63) is 52.9 Å². The normalized spacial score (nSPS) is 16.5. The molecule has 0 spiro atoms. The number of primary amides is 1. The lowest BCUT2D eigenvalue weighted by Crippen LogP contribution is -2.39. The highest BCUT2D eigenvalue weighted by Gasteiger charge is 2.35. The van der Waals surface area contributed by atoms with Crippen molar-refractivity contribution in [1.29, 1.82) is 0 Å². The van der Waals surface area contributed by atoms with Crippen molar-refractivity contribution in [2.45, 2.75) is 12.5 Å². The molecule has 1 unspecified atom stereocenters. The summed E-state index contributed by atoms with van der Waals surface area (Å²) in [5.74, 6) is -1.17. The lowest BCUT2D eigenvalue weighted by molar-refractivity contribution is -0.119. The molecule has 2 amide bonds. The Balaban J connectivity index is 1.82. The Bertz CT molecular complexity index is 839. The van der Waals surface area contributed by atoms with Crippen molar-refractivity contribution in [2.24, 2.45) is 10.8 Å². The van der Waals surface area contributed by atoms with Gasteiger partial charge in [0.1, 0.15) is 23.4 Å². The molecule has 2 heterocycles. The van der Waals surface area contributed by atoms with E-state index < -0.39 is 23.7 Å². The lowest BCUT2D eigenvalue weighted by Gasteiger charge is -2.20. The Kier molecular flexibility index (Phi) is 4.75. The minimum atomic E-state index is -0.816. The van der Waals surface area contributed by atoms with E-state index in [0.717, 1.165) is 4.47 Å². The molecular formula is C16H13BrFN5O2. The Morgan fingerprint density at radius 3 is 2.56 bits per heavy atom. The molecule has 1 aliphatic rings. The Morgan fingerprint density at radius 1 is 1.24 bits per heavy atom. The molecule has 128 valence electrons. The fourth-order valence-electron chi connectivity index (χ4n) is 2.34. The number of amides is 2. The van der Waals surface area contributed by atoms with Gasteiger partial charge in [-0.15, -0.1) is 0 Å². The van der Waals surface area contributed by atoms with Gasteiger partial charge in [-0.1, -0.05) is 0 Å². The third-order valence-corrected chi connectivity index (χ3v) is 4.03. The topological polar surface area (TPSA) is 101 Å². The van der Waals surface area contributed by atoms with E-state index in [0.29, 0.717) is 11.5 Å². The molecule has 0 radical (unpaired) electrons. The Morgan fingerprint density at radius 2 is 1.96 bits per heavy atom. The van der Waals surface area contributed by atoms with Crippen LogP contribution >= 0.6 is 15.9 Å². The summed E-state index contributed by atoms with van der Waals surface area (Å²) in [5, 5.41) is 8.12. The van der Waals surface area contributed by atoms with Crippen LogP contribution in [0.15, 0.2) is 52.2 Å². The van der Waals surface area contributed by atoms with Gasteiger partial charge in [0.2, 0.25) is 5.91 Å². The van der Waals surface area contributed by atoms with Crippen molar-refractivity contribution < 1.29 is 14.0 Å². The average Bonchev–Trinajstić information content (AvgIpc) is 3.03. The van der Waals surface area contributed by atoms with Crippen molar-refractivity contribution >= 4 is 45.0 Å². The van der Waals surface area contributed by atoms with Gasteiger partial charge in [-0.2, -0.15) is 5.10 Å². The van der Waals surface area contributed by atoms with E-state index in [1.54, 1.807) is 18.3 Å². The van der Waals surface area contributed by atoms with Crippen molar-refractivity contribution in [3.63, 3.8) is 0 Å². The summed E-state index contributed by atoms with van der Waals surface area (Å²) in [7, 11) is 0. The monoisotopic (exact) mass is 405 g/mol. The van der Waals surface area contributed by atoms with Crippen LogP contribution in [-0.4, -0.2) is 28.6 Å². The smallest absolute Gasteiger partial charge is 0.273 e. The number of halogens is 2. The summed E-state index contributed by atoms with van der Waals surface area (Å²) in [6.07, 6.45) is 1.60. The van der Waals surface area contributed by atoms with Crippen LogP contribution in [0.4, 0.5) is 15.9 Å². The summed E-state index contributed by atoms with van der Waals surface area (Å²) in [6.45, 7) is 0. The van der Waals surface area contributed by atoms with Gasteiger partial charge >= 0.3 is 0 Å². The first-order valence-electron chi connectivity index (χ1n) is 7.28. The minimum absolute atomic E-state index is 0.0507. The molecule has 1 atom stereocenters. The molecule has 1 aromatic heterocycles. The fourth-order valence-corrected chi connectivity index (χ4v) is 2.57. The molecule has 9 heteroatoms. The summed E-state index contributed by atoms with van der Waals surface area (Å²) in [5.41, 5.74) is 6.01. The number of pyridine rings is 1. The molecule has 1 aliphatic heterocycles. The number of anilines is 2. The maximum Gasteiger partial charge on any atom is 0.273 e. The SMILES string of the molecule is NC(=O)C1CC(C(=O)Nc2ccc(Br)cn2)=NN1c1ccc(F)cc1. The molecule has 0 aliphatic carbocycles. The molecule has 7 nitrogen and oxygen atoms in total. The third kappa shape index (κ3) is 3.82. The number of nitrogens with one attached hydrogen (secondary N) is 1. The number of carbonyl (C=O) groups excluding carboxylic acids is 2. The predicted molar refractivity (Wildman–Crippen MR) is 94.5 cm³/mol. The van der Waals surface area contributed by atoms with Crippen LogP contribution < -0.4 is 16.1 Å². The molecule has 0 saturated heterocycles. The van der Waals surface area contributed by atoms with E-state index in [-0.39, 0.29) is 12.1 Å². The van der Waals surface area contributed by atoms with Gasteiger partial charge in [0.05, 0.1) is 5.69 Å². The molecule has 0 saturated carbocycles. The van der Waals surface area contributed by atoms with Gasteiger partial charge < -0.3 is 11.1 Å². The number of carbonyl (C=O) groups is 2. The molecule has 3 rings (SSSR count). The maximum atomic E-state index is 13.1. The first kappa shape index (κ1) is 17.0. The molecule has 0 bridgehead atoms. The summed E-state index contributed by atoms with van der Waals surface area (Å²) in [6, 6.07) is 7.96. The van der Waals surface area contributed by atoms with Crippen LogP contribution in [0.1, 0.15) is 6.42 Å². The molecule has 3 N–H and O–H groups in total. The quantitative estimate of drug-likeness (QED) is 0.812. The number of nitrogens with two attached hydrogens (primary N) is 1. The van der Waals surface area contributed by atoms with E-state index in [1.165, 1.54) is 29.3 Å². The van der Waals surface area contributed by atoms with E-state index in [1.807, 2.05) is 0 Å². The number of hydrogen-bond acceptors (Lipinski definition) is 5. The predicted octanol–water partition coefficient (Wildman–Crippen LogP) is 2.04. The van der Waals surface area contributed by atoms with Crippen LogP contribution in [0, 0.1) is 5.82 Å². The first-order valence-corrected chi connectivity index (χ1v) is 8.08. The minimum Gasteiger partial charge on any atom is -0.368 e.